The fourth-order valence-corrected chi connectivity index (χ4v) is 1.99. The molecule has 0 aromatic carbocycles. The van der Waals surface area contributed by atoms with Gasteiger partial charge in [0.2, 0.25) is 0 Å². The highest BCUT2D eigenvalue weighted by Gasteiger charge is 2.46. The van der Waals surface area contributed by atoms with Crippen LogP contribution < -0.4 is 0 Å². The van der Waals surface area contributed by atoms with Crippen molar-refractivity contribution in [3.63, 3.8) is 0 Å². The molecule has 1 aliphatic heterocycles. The van der Waals surface area contributed by atoms with Crippen molar-refractivity contribution in [3.8, 4) is 0 Å². The Labute approximate surface area is 104 Å². The molecule has 0 aromatic rings. The number of carbonyl (C=O) groups excluding carboxylic acids is 1. The van der Waals surface area contributed by atoms with Crippen molar-refractivity contribution >= 4 is 6.09 Å². The monoisotopic (exact) mass is 243 g/mol. The quantitative estimate of drug-likeness (QED) is 0.710. The van der Waals surface area contributed by atoms with Crippen LogP contribution in [0.3, 0.4) is 0 Å². The first-order valence-electron chi connectivity index (χ1n) is 6.21. The summed E-state index contributed by atoms with van der Waals surface area (Å²) in [6, 6.07) is 0.0832. The Hall–Kier alpha value is -0.770. The van der Waals surface area contributed by atoms with E-state index >= 15 is 0 Å². The zero-order valence-corrected chi connectivity index (χ0v) is 12.0. The van der Waals surface area contributed by atoms with Crippen LogP contribution in [0.2, 0.25) is 0 Å². The Morgan fingerprint density at radius 2 is 1.94 bits per heavy atom. The van der Waals surface area contributed by atoms with Gasteiger partial charge in [0.05, 0.1) is 12.6 Å². The van der Waals surface area contributed by atoms with Gasteiger partial charge in [-0.15, -0.1) is 0 Å². The molecule has 17 heavy (non-hydrogen) atoms. The Balaban J connectivity index is 2.87. The molecule has 4 heteroatoms. The van der Waals surface area contributed by atoms with Crippen LogP contribution in [0.25, 0.3) is 0 Å². The van der Waals surface area contributed by atoms with Crippen LogP contribution in [0, 0.1) is 5.92 Å². The third-order valence-corrected chi connectivity index (χ3v) is 2.88. The van der Waals surface area contributed by atoms with Crippen molar-refractivity contribution in [2.24, 2.45) is 5.92 Å². The molecule has 0 N–H and O–H groups in total. The first-order valence-corrected chi connectivity index (χ1v) is 6.21. The van der Waals surface area contributed by atoms with Crippen LogP contribution >= 0.6 is 0 Å². The number of hydrogen-bond donors (Lipinski definition) is 0. The highest BCUT2D eigenvalue weighted by Crippen LogP contribution is 2.32. The standard InChI is InChI=1S/C13H25NO3/c1-9(2)10-8-16-13(6,7)14(10)11(15)17-12(3,4)5/h9-10H,8H2,1-7H3/t10-/m0/s1. The second-order valence-electron chi connectivity index (χ2n) is 6.42. The van der Waals surface area contributed by atoms with E-state index in [1.807, 2.05) is 34.6 Å². The second kappa shape index (κ2) is 4.48. The Morgan fingerprint density at radius 3 is 2.35 bits per heavy atom. The Kier molecular flexibility index (Phi) is 3.77. The minimum atomic E-state index is -0.586. The molecule has 100 valence electrons. The smallest absolute Gasteiger partial charge is 0.412 e. The topological polar surface area (TPSA) is 38.8 Å². The lowest BCUT2D eigenvalue weighted by Gasteiger charge is -2.36. The third-order valence-electron chi connectivity index (χ3n) is 2.88. The van der Waals surface area contributed by atoms with Crippen molar-refractivity contribution in [3.05, 3.63) is 0 Å². The van der Waals surface area contributed by atoms with Crippen LogP contribution in [-0.2, 0) is 9.47 Å². The van der Waals surface area contributed by atoms with E-state index in [1.54, 1.807) is 4.90 Å². The van der Waals surface area contributed by atoms with Crippen LogP contribution in [0.4, 0.5) is 4.79 Å². The van der Waals surface area contributed by atoms with Gasteiger partial charge in [0.1, 0.15) is 11.3 Å². The number of nitrogens with zero attached hydrogens (tertiary/aromatic N) is 1. The Bertz CT molecular complexity index is 292. The van der Waals surface area contributed by atoms with E-state index in [1.165, 1.54) is 0 Å². The molecule has 0 unspecified atom stereocenters. The molecule has 1 atom stereocenters. The van der Waals surface area contributed by atoms with E-state index in [0.717, 1.165) is 0 Å². The summed E-state index contributed by atoms with van der Waals surface area (Å²) in [6.45, 7) is 14.2. The summed E-state index contributed by atoms with van der Waals surface area (Å²) in [5.74, 6) is 0.351. The van der Waals surface area contributed by atoms with Crippen molar-refractivity contribution in [1.29, 1.82) is 0 Å². The summed E-state index contributed by atoms with van der Waals surface area (Å²) in [7, 11) is 0. The average molecular weight is 243 g/mol. The molecular formula is C13H25NO3. The van der Waals surface area contributed by atoms with Crippen molar-refractivity contribution < 1.29 is 14.3 Å². The van der Waals surface area contributed by atoms with E-state index in [-0.39, 0.29) is 12.1 Å². The van der Waals surface area contributed by atoms with Gasteiger partial charge in [-0.3, -0.25) is 4.90 Å². The van der Waals surface area contributed by atoms with E-state index in [2.05, 4.69) is 13.8 Å². The molecule has 4 nitrogen and oxygen atoms in total. The molecule has 1 aliphatic rings. The fraction of sp³-hybridized carbons (Fsp3) is 0.923. The molecule has 1 amide bonds. The molecule has 0 aromatic heterocycles. The van der Waals surface area contributed by atoms with Gasteiger partial charge in [0, 0.05) is 0 Å². The minimum Gasteiger partial charge on any atom is -0.444 e. The molecule has 1 heterocycles. The van der Waals surface area contributed by atoms with Crippen molar-refractivity contribution in [1.82, 2.24) is 4.90 Å². The number of amides is 1. The minimum absolute atomic E-state index is 0.0832. The first kappa shape index (κ1) is 14.3. The number of rotatable bonds is 1. The highest BCUT2D eigenvalue weighted by atomic mass is 16.6. The summed E-state index contributed by atoms with van der Waals surface area (Å²) in [5, 5.41) is 0. The Morgan fingerprint density at radius 1 is 1.41 bits per heavy atom. The van der Waals surface area contributed by atoms with Crippen LogP contribution in [0.5, 0.6) is 0 Å². The van der Waals surface area contributed by atoms with Gasteiger partial charge in [-0.1, -0.05) is 13.8 Å². The number of hydrogen-bond acceptors (Lipinski definition) is 3. The molecule has 0 saturated carbocycles. The predicted octanol–water partition coefficient (Wildman–Crippen LogP) is 3.01. The molecule has 1 fully saturated rings. The normalized spacial score (nSPS) is 24.2. The zero-order valence-electron chi connectivity index (χ0n) is 12.0. The maximum absolute atomic E-state index is 12.2. The average Bonchev–Trinajstić information content (AvgIpc) is 2.37. The van der Waals surface area contributed by atoms with Gasteiger partial charge in [0.15, 0.2) is 0 Å². The third kappa shape index (κ3) is 3.35. The van der Waals surface area contributed by atoms with Crippen molar-refractivity contribution in [2.75, 3.05) is 6.61 Å². The lowest BCUT2D eigenvalue weighted by Crippen LogP contribution is -2.51. The van der Waals surface area contributed by atoms with Crippen LogP contribution in [0.1, 0.15) is 48.5 Å². The summed E-state index contributed by atoms with van der Waals surface area (Å²) in [5.41, 5.74) is -1.06. The van der Waals surface area contributed by atoms with Gasteiger partial charge >= 0.3 is 6.09 Å². The molecule has 1 rings (SSSR count). The van der Waals surface area contributed by atoms with Gasteiger partial charge in [-0.05, 0) is 40.5 Å². The highest BCUT2D eigenvalue weighted by molar-refractivity contribution is 5.69. The lowest BCUT2D eigenvalue weighted by atomic mass is 10.0. The summed E-state index contributed by atoms with van der Waals surface area (Å²) < 4.78 is 11.1. The maximum atomic E-state index is 12.2. The van der Waals surface area contributed by atoms with Gasteiger partial charge in [-0.2, -0.15) is 0 Å². The largest absolute Gasteiger partial charge is 0.444 e. The fourth-order valence-electron chi connectivity index (χ4n) is 1.99. The van der Waals surface area contributed by atoms with Crippen molar-refractivity contribution in [2.45, 2.75) is 65.8 Å². The van der Waals surface area contributed by atoms with E-state index in [0.29, 0.717) is 12.5 Å². The van der Waals surface area contributed by atoms with E-state index in [9.17, 15) is 4.79 Å². The summed E-state index contributed by atoms with van der Waals surface area (Å²) in [4.78, 5) is 13.9. The molecule has 0 aliphatic carbocycles. The van der Waals surface area contributed by atoms with Gasteiger partial charge in [0.25, 0.3) is 0 Å². The summed E-state index contributed by atoms with van der Waals surface area (Å²) in [6.07, 6.45) is -0.293. The predicted molar refractivity (Wildman–Crippen MR) is 66.7 cm³/mol. The number of ether oxygens (including phenoxy) is 2. The molecule has 0 bridgehead atoms. The molecule has 0 radical (unpaired) electrons. The van der Waals surface area contributed by atoms with E-state index in [4.69, 9.17) is 9.47 Å². The molecular weight excluding hydrogens is 218 g/mol. The molecule has 1 saturated heterocycles. The molecule has 0 spiro atoms. The van der Waals surface area contributed by atoms with Crippen LogP contribution in [-0.4, -0.2) is 35.0 Å². The second-order valence-corrected chi connectivity index (χ2v) is 6.42. The summed E-state index contributed by atoms with van der Waals surface area (Å²) >= 11 is 0. The van der Waals surface area contributed by atoms with Gasteiger partial charge in [-0.25, -0.2) is 4.79 Å². The van der Waals surface area contributed by atoms with Gasteiger partial charge < -0.3 is 9.47 Å². The maximum Gasteiger partial charge on any atom is 0.412 e. The lowest BCUT2D eigenvalue weighted by molar-refractivity contribution is -0.0639. The SMILES string of the molecule is CC(C)[C@@H]1COC(C)(C)N1C(=O)OC(C)(C)C. The van der Waals surface area contributed by atoms with E-state index < -0.39 is 11.3 Å². The van der Waals surface area contributed by atoms with Crippen LogP contribution in [0.15, 0.2) is 0 Å². The zero-order chi connectivity index (χ0) is 13.4. The number of carbonyl (C=O) groups is 1. The first-order chi connectivity index (χ1) is 7.54.